The van der Waals surface area contributed by atoms with Gasteiger partial charge in [0.25, 0.3) is 0 Å². The van der Waals surface area contributed by atoms with Crippen molar-refractivity contribution >= 4 is 22.4 Å². The smallest absolute Gasteiger partial charge is 0.240 e. The van der Waals surface area contributed by atoms with Gasteiger partial charge >= 0.3 is 0 Å². The van der Waals surface area contributed by atoms with Crippen LogP contribution in [0.4, 0.5) is 0 Å². The van der Waals surface area contributed by atoms with Crippen molar-refractivity contribution in [1.29, 1.82) is 0 Å². The highest BCUT2D eigenvalue weighted by molar-refractivity contribution is 7.89. The maximum atomic E-state index is 12.3. The summed E-state index contributed by atoms with van der Waals surface area (Å²) in [7, 11) is -3.52. The van der Waals surface area contributed by atoms with Gasteiger partial charge in [0.2, 0.25) is 10.0 Å². The number of hydrogen-bond donors (Lipinski definition) is 2. The predicted molar refractivity (Wildman–Crippen MR) is 94.7 cm³/mol. The van der Waals surface area contributed by atoms with E-state index in [0.29, 0.717) is 18.9 Å². The minimum absolute atomic E-state index is 0. The normalized spacial score (nSPS) is 17.3. The summed E-state index contributed by atoms with van der Waals surface area (Å²) in [6.07, 6.45) is 5.99. The van der Waals surface area contributed by atoms with Crippen LogP contribution in [0.25, 0.3) is 0 Å². The van der Waals surface area contributed by atoms with Gasteiger partial charge in [0.1, 0.15) is 5.75 Å². The van der Waals surface area contributed by atoms with Gasteiger partial charge in [0.05, 0.1) is 11.5 Å². The average Bonchev–Trinajstić information content (AvgIpc) is 2.52. The number of ether oxygens (including phenoxy) is 1. The van der Waals surface area contributed by atoms with Crippen LogP contribution in [0.15, 0.2) is 29.2 Å². The topological polar surface area (TPSA) is 81.4 Å². The zero-order valence-corrected chi connectivity index (χ0v) is 15.2. The molecule has 0 unspecified atom stereocenters. The van der Waals surface area contributed by atoms with Crippen molar-refractivity contribution in [3.8, 4) is 5.75 Å². The Hall–Kier alpha value is -0.820. The first-order valence-corrected chi connectivity index (χ1v) is 9.45. The third kappa shape index (κ3) is 5.95. The fraction of sp³-hybridized carbons (Fsp3) is 0.625. The van der Waals surface area contributed by atoms with E-state index in [1.54, 1.807) is 24.3 Å². The molecular formula is C16H27ClN2O3S. The summed E-state index contributed by atoms with van der Waals surface area (Å²) in [5.41, 5.74) is 5.87. The molecule has 1 aromatic carbocycles. The molecule has 1 aromatic rings. The first kappa shape index (κ1) is 20.2. The molecule has 5 nitrogen and oxygen atoms in total. The number of hydrogen-bond acceptors (Lipinski definition) is 4. The van der Waals surface area contributed by atoms with Crippen molar-refractivity contribution in [2.75, 3.05) is 13.2 Å². The first-order valence-electron chi connectivity index (χ1n) is 7.97. The van der Waals surface area contributed by atoms with Crippen molar-refractivity contribution in [2.24, 2.45) is 5.73 Å². The van der Waals surface area contributed by atoms with Gasteiger partial charge in [-0.05, 0) is 43.5 Å². The second-order valence-electron chi connectivity index (χ2n) is 6.07. The molecule has 1 fully saturated rings. The molecule has 132 valence electrons. The van der Waals surface area contributed by atoms with E-state index < -0.39 is 15.6 Å². The lowest BCUT2D eigenvalue weighted by atomic mass is 9.83. The van der Waals surface area contributed by atoms with Gasteiger partial charge in [-0.3, -0.25) is 0 Å². The summed E-state index contributed by atoms with van der Waals surface area (Å²) in [4.78, 5) is 0.246. The van der Waals surface area contributed by atoms with Crippen LogP contribution in [0, 0.1) is 0 Å². The number of halogens is 1. The average molecular weight is 363 g/mol. The van der Waals surface area contributed by atoms with E-state index in [1.165, 1.54) is 6.42 Å². The van der Waals surface area contributed by atoms with E-state index in [1.807, 2.05) is 6.92 Å². The lowest BCUT2D eigenvalue weighted by Gasteiger charge is -2.33. The van der Waals surface area contributed by atoms with Gasteiger partial charge in [0.15, 0.2) is 0 Å². The summed E-state index contributed by atoms with van der Waals surface area (Å²) in [5.74, 6) is 0.684. The van der Waals surface area contributed by atoms with Crippen molar-refractivity contribution in [2.45, 2.75) is 55.9 Å². The maximum Gasteiger partial charge on any atom is 0.240 e. The van der Waals surface area contributed by atoms with Crippen LogP contribution < -0.4 is 15.2 Å². The Morgan fingerprint density at radius 1 is 1.17 bits per heavy atom. The van der Waals surface area contributed by atoms with Gasteiger partial charge in [-0.1, -0.05) is 26.2 Å². The van der Waals surface area contributed by atoms with Crippen LogP contribution in [0.2, 0.25) is 0 Å². The van der Waals surface area contributed by atoms with E-state index in [2.05, 4.69) is 4.72 Å². The molecule has 0 atom stereocenters. The number of nitrogens with two attached hydrogens (primary N) is 1. The number of nitrogens with one attached hydrogen (secondary N) is 1. The molecule has 7 heteroatoms. The predicted octanol–water partition coefficient (Wildman–Crippen LogP) is 2.84. The molecule has 0 heterocycles. The summed E-state index contributed by atoms with van der Waals surface area (Å²) in [6.45, 7) is 2.94. The van der Waals surface area contributed by atoms with Gasteiger partial charge in [0, 0.05) is 12.1 Å². The fourth-order valence-electron chi connectivity index (χ4n) is 2.69. The van der Waals surface area contributed by atoms with Gasteiger partial charge in [-0.15, -0.1) is 12.4 Å². The van der Waals surface area contributed by atoms with E-state index in [9.17, 15) is 8.42 Å². The molecule has 0 aromatic heterocycles. The summed E-state index contributed by atoms with van der Waals surface area (Å²) < 4.78 is 32.8. The molecule has 3 N–H and O–H groups in total. The summed E-state index contributed by atoms with van der Waals surface area (Å²) in [5, 5.41) is 0. The zero-order valence-electron chi connectivity index (χ0n) is 13.6. The lowest BCUT2D eigenvalue weighted by molar-refractivity contribution is 0.296. The highest BCUT2D eigenvalue weighted by atomic mass is 35.5. The Labute approximate surface area is 145 Å². The van der Waals surface area contributed by atoms with E-state index in [0.717, 1.165) is 32.1 Å². The zero-order chi connectivity index (χ0) is 16.1. The van der Waals surface area contributed by atoms with Crippen LogP contribution in [0.3, 0.4) is 0 Å². The third-order valence-electron chi connectivity index (χ3n) is 4.07. The molecular weight excluding hydrogens is 336 g/mol. The molecule has 1 saturated carbocycles. The van der Waals surface area contributed by atoms with Crippen molar-refractivity contribution in [3.63, 3.8) is 0 Å². The second kappa shape index (κ2) is 8.87. The molecule has 0 spiro atoms. The van der Waals surface area contributed by atoms with E-state index >= 15 is 0 Å². The molecule has 0 amide bonds. The van der Waals surface area contributed by atoms with Crippen LogP contribution in [0.1, 0.15) is 45.4 Å². The van der Waals surface area contributed by atoms with E-state index in [4.69, 9.17) is 10.5 Å². The minimum atomic E-state index is -3.52. The van der Waals surface area contributed by atoms with E-state index in [-0.39, 0.29) is 17.3 Å². The largest absolute Gasteiger partial charge is 0.494 e. The molecule has 0 radical (unpaired) electrons. The number of sulfonamides is 1. The lowest BCUT2D eigenvalue weighted by Crippen LogP contribution is -2.51. The van der Waals surface area contributed by atoms with Crippen molar-refractivity contribution in [1.82, 2.24) is 4.72 Å². The second-order valence-corrected chi connectivity index (χ2v) is 7.83. The molecule has 1 aliphatic carbocycles. The van der Waals surface area contributed by atoms with Crippen molar-refractivity contribution in [3.05, 3.63) is 24.3 Å². The monoisotopic (exact) mass is 362 g/mol. The highest BCUT2D eigenvalue weighted by Gasteiger charge is 2.29. The number of rotatable bonds is 7. The molecule has 23 heavy (non-hydrogen) atoms. The van der Waals surface area contributed by atoms with Crippen LogP contribution in [-0.2, 0) is 10.0 Å². The third-order valence-corrected chi connectivity index (χ3v) is 5.49. The Bertz CT molecular complexity index is 569. The minimum Gasteiger partial charge on any atom is -0.494 e. The Morgan fingerprint density at radius 2 is 1.78 bits per heavy atom. The van der Waals surface area contributed by atoms with Crippen LogP contribution in [-0.4, -0.2) is 27.1 Å². The Kier molecular flexibility index (Phi) is 7.80. The van der Waals surface area contributed by atoms with Gasteiger partial charge < -0.3 is 10.5 Å². The highest BCUT2D eigenvalue weighted by Crippen LogP contribution is 2.25. The SMILES string of the molecule is CCCOc1ccc(S(=O)(=O)NCC2(N)CCCCC2)cc1.Cl. The fourth-order valence-corrected chi connectivity index (χ4v) is 3.83. The van der Waals surface area contributed by atoms with Crippen LogP contribution >= 0.6 is 12.4 Å². The van der Waals surface area contributed by atoms with Gasteiger partial charge in [-0.25, -0.2) is 13.1 Å². The Morgan fingerprint density at radius 3 is 2.35 bits per heavy atom. The standard InChI is InChI=1S/C16H26N2O3S.ClH/c1-2-12-21-14-6-8-15(9-7-14)22(19,20)18-13-16(17)10-4-3-5-11-16;/h6-9,18H,2-5,10-13,17H2,1H3;1H. The quantitative estimate of drug-likeness (QED) is 0.781. The van der Waals surface area contributed by atoms with Gasteiger partial charge in [-0.2, -0.15) is 0 Å². The van der Waals surface area contributed by atoms with Crippen molar-refractivity contribution < 1.29 is 13.2 Å². The Balaban J connectivity index is 0.00000264. The summed E-state index contributed by atoms with van der Waals surface area (Å²) in [6, 6.07) is 6.50. The molecule has 0 aliphatic heterocycles. The summed E-state index contributed by atoms with van der Waals surface area (Å²) >= 11 is 0. The molecule has 0 saturated heterocycles. The number of benzene rings is 1. The first-order chi connectivity index (χ1) is 10.5. The molecule has 0 bridgehead atoms. The molecule has 1 aliphatic rings. The van der Waals surface area contributed by atoms with Crippen LogP contribution in [0.5, 0.6) is 5.75 Å². The maximum absolute atomic E-state index is 12.3. The molecule has 2 rings (SSSR count).